The van der Waals surface area contributed by atoms with Crippen molar-refractivity contribution in [1.29, 1.82) is 0 Å². The van der Waals surface area contributed by atoms with Gasteiger partial charge in [-0.25, -0.2) is 14.6 Å². The number of anilines is 1. The first-order valence-corrected chi connectivity index (χ1v) is 9.31. The molecule has 1 aliphatic rings. The molecular formula is C18H21N3O7S. The number of hydrogen-bond acceptors (Lipinski definition) is 10. The van der Waals surface area contributed by atoms with E-state index in [9.17, 15) is 19.2 Å². The van der Waals surface area contributed by atoms with Crippen molar-refractivity contribution >= 4 is 40.3 Å². The molecule has 0 spiro atoms. The number of ether oxygens (including phenoxy) is 3. The number of methoxy groups -OCH3 is 2. The number of aromatic nitrogens is 1. The Balaban J connectivity index is 2.29. The molecule has 0 fully saturated rings. The van der Waals surface area contributed by atoms with Crippen LogP contribution in [0, 0.1) is 5.92 Å². The van der Waals surface area contributed by atoms with Gasteiger partial charge in [-0.3, -0.25) is 9.59 Å². The zero-order valence-corrected chi connectivity index (χ0v) is 17.4. The highest BCUT2D eigenvalue weighted by Gasteiger charge is 2.42. The quantitative estimate of drug-likeness (QED) is 0.512. The van der Waals surface area contributed by atoms with Gasteiger partial charge in [0.1, 0.15) is 12.5 Å². The van der Waals surface area contributed by atoms with Crippen LogP contribution in [0.1, 0.15) is 26.5 Å². The highest BCUT2D eigenvalue weighted by molar-refractivity contribution is 7.13. The summed E-state index contributed by atoms with van der Waals surface area (Å²) in [6, 6.07) is 0. The second-order valence-electron chi connectivity index (χ2n) is 6.05. The minimum atomic E-state index is -1.32. The van der Waals surface area contributed by atoms with Crippen LogP contribution in [0.3, 0.4) is 0 Å². The Morgan fingerprint density at radius 3 is 2.14 bits per heavy atom. The summed E-state index contributed by atoms with van der Waals surface area (Å²) in [5.74, 6) is -3.96. The molecule has 1 amide bonds. The number of allylic oxidation sites excluding steroid dienone is 2. The number of hydrogen-bond donors (Lipinski definition) is 2. The van der Waals surface area contributed by atoms with Crippen LogP contribution in [0.4, 0.5) is 5.13 Å². The number of amides is 1. The van der Waals surface area contributed by atoms with E-state index in [1.165, 1.54) is 32.5 Å². The molecule has 29 heavy (non-hydrogen) atoms. The van der Waals surface area contributed by atoms with Crippen molar-refractivity contribution in [3.8, 4) is 0 Å². The number of dihydropyridines is 1. The molecule has 1 aliphatic heterocycles. The first kappa shape index (κ1) is 22.1. The summed E-state index contributed by atoms with van der Waals surface area (Å²) in [6.07, 6.45) is 0. The number of thiazole rings is 1. The molecule has 0 bridgehead atoms. The van der Waals surface area contributed by atoms with Gasteiger partial charge in [0.15, 0.2) is 5.13 Å². The van der Waals surface area contributed by atoms with Gasteiger partial charge in [0.05, 0.1) is 31.1 Å². The van der Waals surface area contributed by atoms with Crippen molar-refractivity contribution in [3.63, 3.8) is 0 Å². The SMILES string of the molecule is COC(=O)C1=C(C)NC(C)=C(C(=O)OC)C1C(=O)OCc1csc(NC(C)=O)n1. The Morgan fingerprint density at radius 1 is 1.10 bits per heavy atom. The lowest BCUT2D eigenvalue weighted by Crippen LogP contribution is -2.37. The summed E-state index contributed by atoms with van der Waals surface area (Å²) in [6.45, 7) is 4.32. The van der Waals surface area contributed by atoms with E-state index >= 15 is 0 Å². The third-order valence-corrected chi connectivity index (χ3v) is 4.81. The van der Waals surface area contributed by atoms with Crippen LogP contribution in [-0.4, -0.2) is 43.0 Å². The number of nitrogens with one attached hydrogen (secondary N) is 2. The van der Waals surface area contributed by atoms with E-state index in [2.05, 4.69) is 15.6 Å². The first-order valence-electron chi connectivity index (χ1n) is 8.43. The Bertz CT molecular complexity index is 878. The van der Waals surface area contributed by atoms with E-state index in [0.717, 1.165) is 0 Å². The van der Waals surface area contributed by atoms with Crippen LogP contribution in [0.25, 0.3) is 0 Å². The maximum absolute atomic E-state index is 12.9. The minimum absolute atomic E-state index is 0.0410. The smallest absolute Gasteiger partial charge is 0.336 e. The van der Waals surface area contributed by atoms with Gasteiger partial charge in [0, 0.05) is 23.7 Å². The molecule has 11 heteroatoms. The molecule has 1 aromatic heterocycles. The van der Waals surface area contributed by atoms with Gasteiger partial charge in [0.25, 0.3) is 0 Å². The fourth-order valence-electron chi connectivity index (χ4n) is 2.80. The molecular weight excluding hydrogens is 402 g/mol. The van der Waals surface area contributed by atoms with E-state index < -0.39 is 23.8 Å². The van der Waals surface area contributed by atoms with E-state index in [1.807, 2.05) is 0 Å². The second kappa shape index (κ2) is 9.32. The van der Waals surface area contributed by atoms with Gasteiger partial charge in [-0.1, -0.05) is 0 Å². The third-order valence-electron chi connectivity index (χ3n) is 4.00. The molecule has 0 saturated carbocycles. The Kier molecular flexibility index (Phi) is 7.10. The number of nitrogens with zero attached hydrogens (tertiary/aromatic N) is 1. The lowest BCUT2D eigenvalue weighted by atomic mass is 9.85. The van der Waals surface area contributed by atoms with E-state index in [0.29, 0.717) is 22.2 Å². The molecule has 0 aromatic carbocycles. The Morgan fingerprint density at radius 2 is 1.66 bits per heavy atom. The zero-order valence-electron chi connectivity index (χ0n) is 16.6. The normalized spacial score (nSPS) is 14.2. The first-order chi connectivity index (χ1) is 13.7. The molecule has 156 valence electrons. The van der Waals surface area contributed by atoms with E-state index in [-0.39, 0.29) is 23.7 Å². The largest absolute Gasteiger partial charge is 0.466 e. The van der Waals surface area contributed by atoms with Gasteiger partial charge < -0.3 is 24.8 Å². The van der Waals surface area contributed by atoms with Gasteiger partial charge in [0.2, 0.25) is 5.91 Å². The summed E-state index contributed by atoms with van der Waals surface area (Å²) < 4.78 is 14.9. The predicted molar refractivity (Wildman–Crippen MR) is 102 cm³/mol. The van der Waals surface area contributed by atoms with Gasteiger partial charge in [-0.15, -0.1) is 11.3 Å². The highest BCUT2D eigenvalue weighted by atomic mass is 32.1. The average Bonchev–Trinajstić information content (AvgIpc) is 3.10. The lowest BCUT2D eigenvalue weighted by molar-refractivity contribution is -0.152. The van der Waals surface area contributed by atoms with Crippen molar-refractivity contribution < 1.29 is 33.4 Å². The van der Waals surface area contributed by atoms with Crippen LogP contribution in [0.2, 0.25) is 0 Å². The summed E-state index contributed by atoms with van der Waals surface area (Å²) in [7, 11) is 2.35. The topological polar surface area (TPSA) is 133 Å². The molecule has 0 unspecified atom stereocenters. The van der Waals surface area contributed by atoms with Crippen LogP contribution < -0.4 is 10.6 Å². The van der Waals surface area contributed by atoms with Crippen molar-refractivity contribution in [1.82, 2.24) is 10.3 Å². The molecule has 0 radical (unpaired) electrons. The van der Waals surface area contributed by atoms with E-state index in [4.69, 9.17) is 14.2 Å². The molecule has 10 nitrogen and oxygen atoms in total. The summed E-state index contributed by atoms with van der Waals surface area (Å²) in [4.78, 5) is 52.7. The second-order valence-corrected chi connectivity index (χ2v) is 6.91. The highest BCUT2D eigenvalue weighted by Crippen LogP contribution is 2.32. The van der Waals surface area contributed by atoms with Crippen LogP contribution in [0.15, 0.2) is 27.9 Å². The van der Waals surface area contributed by atoms with Crippen molar-refractivity contribution in [2.45, 2.75) is 27.4 Å². The molecule has 2 N–H and O–H groups in total. The molecule has 2 heterocycles. The molecule has 1 aromatic rings. The van der Waals surface area contributed by atoms with Crippen LogP contribution in [-0.2, 0) is 40.0 Å². The summed E-state index contributed by atoms with van der Waals surface area (Å²) >= 11 is 1.17. The monoisotopic (exact) mass is 423 g/mol. The van der Waals surface area contributed by atoms with Gasteiger partial charge in [-0.2, -0.15) is 0 Å². The lowest BCUT2D eigenvalue weighted by Gasteiger charge is -2.28. The van der Waals surface area contributed by atoms with E-state index in [1.54, 1.807) is 19.2 Å². The molecule has 0 aliphatic carbocycles. The molecule has 2 rings (SSSR count). The maximum atomic E-state index is 12.9. The third kappa shape index (κ3) is 4.99. The zero-order chi connectivity index (χ0) is 21.7. The number of carbonyl (C=O) groups is 4. The summed E-state index contributed by atoms with van der Waals surface area (Å²) in [5.41, 5.74) is 1.05. The average molecular weight is 423 g/mol. The predicted octanol–water partition coefficient (Wildman–Crippen LogP) is 1.26. The van der Waals surface area contributed by atoms with Crippen molar-refractivity contribution in [3.05, 3.63) is 33.6 Å². The standard InChI is InChI=1S/C18H21N3O7S/c1-8-12(15(23)26-4)14(13(9(2)19-8)16(24)27-5)17(25)28-6-11-7-29-18(21-11)20-10(3)22/h7,14,19H,6H2,1-5H3,(H,20,21,22). The molecule has 0 atom stereocenters. The Labute approximate surface area is 170 Å². The number of esters is 3. The fraction of sp³-hybridized carbons (Fsp3) is 0.389. The Hall–Kier alpha value is -3.21. The number of carbonyl (C=O) groups excluding carboxylic acids is 4. The summed E-state index contributed by atoms with van der Waals surface area (Å²) in [5, 5.41) is 7.40. The van der Waals surface area contributed by atoms with Gasteiger partial charge >= 0.3 is 17.9 Å². The minimum Gasteiger partial charge on any atom is -0.466 e. The van der Waals surface area contributed by atoms with Crippen molar-refractivity contribution in [2.24, 2.45) is 5.92 Å². The maximum Gasteiger partial charge on any atom is 0.336 e. The van der Waals surface area contributed by atoms with Gasteiger partial charge in [-0.05, 0) is 13.8 Å². The van der Waals surface area contributed by atoms with Crippen LogP contribution >= 0.6 is 11.3 Å². The van der Waals surface area contributed by atoms with Crippen LogP contribution in [0.5, 0.6) is 0 Å². The molecule has 0 saturated heterocycles. The van der Waals surface area contributed by atoms with Crippen molar-refractivity contribution in [2.75, 3.05) is 19.5 Å². The number of rotatable bonds is 6. The fourth-order valence-corrected chi connectivity index (χ4v) is 3.54.